The first kappa shape index (κ1) is 21.8. The minimum Gasteiger partial charge on any atom is -0.494 e. The Morgan fingerprint density at radius 2 is 1.81 bits per heavy atom. The van der Waals surface area contributed by atoms with E-state index in [1.54, 1.807) is 18.4 Å². The van der Waals surface area contributed by atoms with E-state index >= 15 is 0 Å². The van der Waals surface area contributed by atoms with Crippen molar-refractivity contribution in [1.29, 1.82) is 0 Å². The van der Waals surface area contributed by atoms with E-state index < -0.39 is 12.0 Å². The number of ether oxygens (including phenoxy) is 2. The van der Waals surface area contributed by atoms with Gasteiger partial charge in [-0.15, -0.1) is 0 Å². The maximum atomic E-state index is 13.5. The molecule has 7 heteroatoms. The third kappa shape index (κ3) is 4.16. The molecule has 0 spiro atoms. The molecule has 1 atom stereocenters. The molecule has 0 aliphatic carbocycles. The molecule has 0 amide bonds. The Balaban J connectivity index is 1.87. The van der Waals surface area contributed by atoms with Gasteiger partial charge in [-0.25, -0.2) is 9.79 Å². The predicted octanol–water partition coefficient (Wildman–Crippen LogP) is 3.20. The number of hydrogen-bond acceptors (Lipinski definition) is 6. The molecule has 1 aliphatic rings. The van der Waals surface area contributed by atoms with Crippen LogP contribution in [0.15, 0.2) is 75.7 Å². The first-order valence-corrected chi connectivity index (χ1v) is 11.3. The molecule has 32 heavy (non-hydrogen) atoms. The largest absolute Gasteiger partial charge is 0.494 e. The van der Waals surface area contributed by atoms with E-state index in [-0.39, 0.29) is 12.2 Å². The van der Waals surface area contributed by atoms with Gasteiger partial charge in [0.1, 0.15) is 5.75 Å². The van der Waals surface area contributed by atoms with E-state index in [1.807, 2.05) is 67.6 Å². The molecule has 2 aromatic carbocycles. The number of aromatic nitrogens is 1. The number of hydrogen-bond donors (Lipinski definition) is 0. The normalized spacial score (nSPS) is 15.8. The quantitative estimate of drug-likeness (QED) is 0.543. The Hall–Kier alpha value is -3.45. The lowest BCUT2D eigenvalue weighted by atomic mass is 9.96. The fraction of sp³-hybridized carbons (Fsp3) is 0.240. The van der Waals surface area contributed by atoms with Crippen LogP contribution in [-0.4, -0.2) is 23.8 Å². The third-order valence-corrected chi connectivity index (χ3v) is 6.10. The summed E-state index contributed by atoms with van der Waals surface area (Å²) in [6.07, 6.45) is 1.84. The van der Waals surface area contributed by atoms with Crippen molar-refractivity contribution in [2.75, 3.05) is 13.2 Å². The molecule has 0 saturated heterocycles. The van der Waals surface area contributed by atoms with Gasteiger partial charge in [0.25, 0.3) is 5.56 Å². The lowest BCUT2D eigenvalue weighted by molar-refractivity contribution is -0.139. The summed E-state index contributed by atoms with van der Waals surface area (Å²) in [7, 11) is 0. The van der Waals surface area contributed by atoms with E-state index in [9.17, 15) is 9.59 Å². The number of carbonyl (C=O) groups is 1. The Morgan fingerprint density at radius 1 is 1.09 bits per heavy atom. The fourth-order valence-electron chi connectivity index (χ4n) is 3.72. The molecular formula is C25H24N2O4S. The van der Waals surface area contributed by atoms with Crippen LogP contribution in [0.3, 0.4) is 0 Å². The first-order valence-electron chi connectivity index (χ1n) is 10.5. The van der Waals surface area contributed by atoms with Crippen LogP contribution in [0.1, 0.15) is 37.9 Å². The Labute approximate surface area is 189 Å². The third-order valence-electron chi connectivity index (χ3n) is 5.12. The van der Waals surface area contributed by atoms with Crippen LogP contribution in [0.2, 0.25) is 0 Å². The van der Waals surface area contributed by atoms with E-state index in [1.165, 1.54) is 11.3 Å². The Morgan fingerprint density at radius 3 is 2.47 bits per heavy atom. The number of thiazole rings is 1. The second-order valence-electron chi connectivity index (χ2n) is 7.22. The molecule has 0 N–H and O–H groups in total. The number of allylic oxidation sites excluding steroid dienone is 1. The second-order valence-corrected chi connectivity index (χ2v) is 8.22. The molecule has 3 aromatic rings. The Kier molecular flexibility index (Phi) is 6.37. The number of carbonyl (C=O) groups excluding carboxylic acids is 1. The maximum absolute atomic E-state index is 13.5. The van der Waals surface area contributed by atoms with Gasteiger partial charge >= 0.3 is 5.97 Å². The highest BCUT2D eigenvalue weighted by molar-refractivity contribution is 7.07. The standard InChI is InChI=1S/C25H24N2O4S/c1-4-30-19-13-11-17(12-14-19)15-20-23(28)27-22(18-9-7-6-8-10-18)21(24(29)31-5-2)16(3)26-25(27)32-20/h6-15,22H,4-5H2,1-3H3/b20-15+/t22-/m1/s1. The molecule has 2 heterocycles. The van der Waals surface area contributed by atoms with Crippen molar-refractivity contribution >= 4 is 23.4 Å². The monoisotopic (exact) mass is 448 g/mol. The molecule has 0 bridgehead atoms. The van der Waals surface area contributed by atoms with Gasteiger partial charge in [-0.2, -0.15) is 0 Å². The average Bonchev–Trinajstić information content (AvgIpc) is 3.09. The van der Waals surface area contributed by atoms with Gasteiger partial charge in [-0.3, -0.25) is 9.36 Å². The van der Waals surface area contributed by atoms with Crippen molar-refractivity contribution in [3.63, 3.8) is 0 Å². The van der Waals surface area contributed by atoms with Crippen LogP contribution in [-0.2, 0) is 9.53 Å². The van der Waals surface area contributed by atoms with Crippen molar-refractivity contribution in [2.45, 2.75) is 26.8 Å². The minimum absolute atomic E-state index is 0.189. The van der Waals surface area contributed by atoms with Crippen LogP contribution in [0, 0.1) is 0 Å². The predicted molar refractivity (Wildman–Crippen MR) is 124 cm³/mol. The molecule has 1 aromatic heterocycles. The smallest absolute Gasteiger partial charge is 0.338 e. The molecule has 6 nitrogen and oxygen atoms in total. The number of benzene rings is 2. The van der Waals surface area contributed by atoms with Crippen molar-refractivity contribution in [2.24, 2.45) is 4.99 Å². The highest BCUT2D eigenvalue weighted by atomic mass is 32.1. The van der Waals surface area contributed by atoms with E-state index in [0.29, 0.717) is 27.2 Å². The zero-order valence-electron chi connectivity index (χ0n) is 18.2. The fourth-order valence-corrected chi connectivity index (χ4v) is 4.77. The summed E-state index contributed by atoms with van der Waals surface area (Å²) in [5.41, 5.74) is 2.48. The molecule has 1 aliphatic heterocycles. The van der Waals surface area contributed by atoms with Gasteiger partial charge in [-0.05, 0) is 50.1 Å². The van der Waals surface area contributed by atoms with Crippen LogP contribution >= 0.6 is 11.3 Å². The SMILES string of the molecule is CCOC(=O)C1=C(C)N=c2s/c(=C/c3ccc(OCC)cc3)c(=O)n2[C@@H]1c1ccccc1. The zero-order chi connectivity index (χ0) is 22.7. The van der Waals surface area contributed by atoms with Crippen LogP contribution in [0.4, 0.5) is 0 Å². The Bertz CT molecular complexity index is 1340. The molecular weight excluding hydrogens is 424 g/mol. The van der Waals surface area contributed by atoms with Crippen LogP contribution in [0.25, 0.3) is 6.08 Å². The molecule has 0 unspecified atom stereocenters. The summed E-state index contributed by atoms with van der Waals surface area (Å²) in [5.74, 6) is 0.327. The van der Waals surface area contributed by atoms with E-state index in [4.69, 9.17) is 9.47 Å². The summed E-state index contributed by atoms with van der Waals surface area (Å²) in [6, 6.07) is 16.5. The maximum Gasteiger partial charge on any atom is 0.338 e. The molecule has 0 saturated carbocycles. The van der Waals surface area contributed by atoms with Crippen LogP contribution in [0.5, 0.6) is 5.75 Å². The van der Waals surface area contributed by atoms with Gasteiger partial charge in [0.05, 0.1) is 35.1 Å². The lowest BCUT2D eigenvalue weighted by Gasteiger charge is -2.24. The van der Waals surface area contributed by atoms with Crippen molar-refractivity contribution < 1.29 is 14.3 Å². The topological polar surface area (TPSA) is 69.9 Å². The highest BCUT2D eigenvalue weighted by Crippen LogP contribution is 2.30. The summed E-state index contributed by atoms with van der Waals surface area (Å²) < 4.78 is 12.9. The van der Waals surface area contributed by atoms with Crippen molar-refractivity contribution in [3.05, 3.63) is 96.7 Å². The highest BCUT2D eigenvalue weighted by Gasteiger charge is 2.33. The van der Waals surface area contributed by atoms with Gasteiger partial charge in [0.2, 0.25) is 0 Å². The first-order chi connectivity index (χ1) is 15.5. The average molecular weight is 449 g/mol. The molecule has 4 rings (SSSR count). The molecule has 0 fully saturated rings. The molecule has 0 radical (unpaired) electrons. The van der Waals surface area contributed by atoms with Gasteiger partial charge in [-0.1, -0.05) is 53.8 Å². The minimum atomic E-state index is -0.589. The number of fused-ring (bicyclic) bond motifs is 1. The van der Waals surface area contributed by atoms with Crippen molar-refractivity contribution in [3.8, 4) is 5.75 Å². The van der Waals surface area contributed by atoms with Gasteiger partial charge in [0.15, 0.2) is 4.80 Å². The van der Waals surface area contributed by atoms with E-state index in [2.05, 4.69) is 4.99 Å². The number of nitrogens with zero attached hydrogens (tertiary/aromatic N) is 2. The summed E-state index contributed by atoms with van der Waals surface area (Å²) in [6.45, 7) is 6.33. The number of rotatable bonds is 6. The summed E-state index contributed by atoms with van der Waals surface area (Å²) in [4.78, 5) is 31.5. The van der Waals surface area contributed by atoms with Crippen molar-refractivity contribution in [1.82, 2.24) is 4.57 Å². The molecule has 164 valence electrons. The van der Waals surface area contributed by atoms with Crippen LogP contribution < -0.4 is 19.6 Å². The number of esters is 1. The second kappa shape index (κ2) is 9.36. The lowest BCUT2D eigenvalue weighted by Crippen LogP contribution is -2.39. The van der Waals surface area contributed by atoms with Gasteiger partial charge in [0, 0.05) is 0 Å². The summed E-state index contributed by atoms with van der Waals surface area (Å²) >= 11 is 1.31. The summed E-state index contributed by atoms with van der Waals surface area (Å²) in [5, 5.41) is 0. The zero-order valence-corrected chi connectivity index (χ0v) is 19.0. The van der Waals surface area contributed by atoms with Gasteiger partial charge < -0.3 is 9.47 Å². The van der Waals surface area contributed by atoms with E-state index in [0.717, 1.165) is 16.9 Å².